The zero-order valence-corrected chi connectivity index (χ0v) is 21.1. The molecule has 0 aromatic heterocycles. The maximum absolute atomic E-state index is 10.0. The Morgan fingerprint density at radius 1 is 1.10 bits per heavy atom. The molecule has 0 amide bonds. The van der Waals surface area contributed by atoms with E-state index in [1.165, 1.54) is 62.5 Å². The molecule has 2 nitrogen and oxygen atoms in total. The monoisotopic (exact) mass is 430 g/mol. The molecular weight excluding hydrogens is 380 g/mol. The molecular formula is C29H50O2. The van der Waals surface area contributed by atoms with E-state index in [1.54, 1.807) is 12.5 Å². The van der Waals surface area contributed by atoms with Crippen molar-refractivity contribution in [3.63, 3.8) is 0 Å². The van der Waals surface area contributed by atoms with Crippen LogP contribution in [0, 0.1) is 29.1 Å². The normalized spacial score (nSPS) is 34.6. The average molecular weight is 431 g/mol. The molecule has 3 aliphatic carbocycles. The summed E-state index contributed by atoms with van der Waals surface area (Å²) in [5.41, 5.74) is 4.72. The molecule has 3 aliphatic rings. The van der Waals surface area contributed by atoms with Gasteiger partial charge in [-0.05, 0) is 93.0 Å². The molecule has 3 fully saturated rings. The first-order valence-electron chi connectivity index (χ1n) is 13.1. The molecule has 2 N–H and O–H groups in total. The summed E-state index contributed by atoms with van der Waals surface area (Å²) < 4.78 is 0. The van der Waals surface area contributed by atoms with Crippen molar-refractivity contribution in [1.82, 2.24) is 0 Å². The Balaban J connectivity index is 0.00000107. The van der Waals surface area contributed by atoms with E-state index in [2.05, 4.69) is 46.4 Å². The van der Waals surface area contributed by atoms with Crippen LogP contribution in [0.1, 0.15) is 105 Å². The number of rotatable bonds is 6. The van der Waals surface area contributed by atoms with E-state index in [0.29, 0.717) is 5.41 Å². The number of hydrogen-bond donors (Lipinski definition) is 2. The Hall–Kier alpha value is -0.860. The number of aliphatic hydroxyl groups is 2. The van der Waals surface area contributed by atoms with Gasteiger partial charge in [0.2, 0.25) is 0 Å². The first-order chi connectivity index (χ1) is 14.7. The highest BCUT2D eigenvalue weighted by atomic mass is 16.3. The minimum Gasteiger partial charge on any atom is -0.397 e. The Kier molecular flexibility index (Phi) is 10.6. The molecule has 0 radical (unpaired) electrons. The second-order valence-corrected chi connectivity index (χ2v) is 11.1. The van der Waals surface area contributed by atoms with Crippen LogP contribution in [0.5, 0.6) is 0 Å². The minimum atomic E-state index is -0.172. The van der Waals surface area contributed by atoms with Gasteiger partial charge in [-0.1, -0.05) is 76.8 Å². The van der Waals surface area contributed by atoms with Gasteiger partial charge in [0, 0.05) is 6.61 Å². The van der Waals surface area contributed by atoms with Gasteiger partial charge in [-0.3, -0.25) is 0 Å². The number of hydrogen-bond acceptors (Lipinski definition) is 2. The van der Waals surface area contributed by atoms with E-state index >= 15 is 0 Å². The molecule has 5 atom stereocenters. The second kappa shape index (κ2) is 12.4. The Bertz CT molecular complexity index is 629. The maximum Gasteiger partial charge on any atom is 0.0583 e. The summed E-state index contributed by atoms with van der Waals surface area (Å²) in [7, 11) is 0. The molecule has 178 valence electrons. The van der Waals surface area contributed by atoms with Crippen LogP contribution in [0.25, 0.3) is 0 Å². The van der Waals surface area contributed by atoms with Crippen LogP contribution in [0.4, 0.5) is 0 Å². The zero-order chi connectivity index (χ0) is 23.0. The molecule has 3 saturated carbocycles. The lowest BCUT2D eigenvalue weighted by atomic mass is 9.60. The summed E-state index contributed by atoms with van der Waals surface area (Å²) in [6.07, 6.45) is 18.2. The van der Waals surface area contributed by atoms with E-state index in [4.69, 9.17) is 5.11 Å². The molecule has 0 aliphatic heterocycles. The maximum atomic E-state index is 10.0. The molecule has 0 bridgehead atoms. The molecule has 0 saturated heterocycles. The molecule has 2 heteroatoms. The quantitative estimate of drug-likeness (QED) is 0.455. The van der Waals surface area contributed by atoms with Crippen LogP contribution >= 0.6 is 0 Å². The molecule has 1 unspecified atom stereocenters. The van der Waals surface area contributed by atoms with Crippen LogP contribution in [0.3, 0.4) is 0 Å². The average Bonchev–Trinajstić information content (AvgIpc) is 3.06. The van der Waals surface area contributed by atoms with Gasteiger partial charge in [0.05, 0.1) is 6.10 Å². The van der Waals surface area contributed by atoms with Crippen LogP contribution < -0.4 is 0 Å². The highest BCUT2D eigenvalue weighted by Gasteiger charge is 2.50. The van der Waals surface area contributed by atoms with Crippen molar-refractivity contribution in [2.45, 2.75) is 111 Å². The predicted molar refractivity (Wildman–Crippen MR) is 134 cm³/mol. The third kappa shape index (κ3) is 7.06. The van der Waals surface area contributed by atoms with Gasteiger partial charge < -0.3 is 10.2 Å². The largest absolute Gasteiger partial charge is 0.397 e. The SMILES string of the molecule is C=C1CC[C@H](O)C/C1=C/C=C1CCC[C@@]2(C)C1CC[C@@H]2[C@H](C)CCCC(C)C.CCO. The predicted octanol–water partition coefficient (Wildman–Crippen LogP) is 7.62. The summed E-state index contributed by atoms with van der Waals surface area (Å²) in [6, 6.07) is 0. The zero-order valence-electron chi connectivity index (χ0n) is 21.1. The van der Waals surface area contributed by atoms with E-state index < -0.39 is 0 Å². The van der Waals surface area contributed by atoms with E-state index in [-0.39, 0.29) is 12.7 Å². The van der Waals surface area contributed by atoms with Crippen molar-refractivity contribution in [3.05, 3.63) is 35.5 Å². The third-order valence-corrected chi connectivity index (χ3v) is 8.35. The third-order valence-electron chi connectivity index (χ3n) is 8.35. The van der Waals surface area contributed by atoms with Crippen LogP contribution in [0.2, 0.25) is 0 Å². The van der Waals surface area contributed by atoms with E-state index in [0.717, 1.165) is 42.9 Å². The minimum absolute atomic E-state index is 0.172. The molecule has 0 spiro atoms. The molecule has 0 aromatic carbocycles. The lowest BCUT2D eigenvalue weighted by Crippen LogP contribution is -2.36. The van der Waals surface area contributed by atoms with Crippen molar-refractivity contribution < 1.29 is 10.2 Å². The summed E-state index contributed by atoms with van der Waals surface area (Å²) in [6.45, 7) is 16.0. The van der Waals surface area contributed by atoms with Crippen LogP contribution in [0.15, 0.2) is 35.5 Å². The Labute approximate surface area is 192 Å². The highest BCUT2D eigenvalue weighted by Crippen LogP contribution is 2.59. The van der Waals surface area contributed by atoms with Crippen molar-refractivity contribution in [2.24, 2.45) is 29.1 Å². The van der Waals surface area contributed by atoms with Gasteiger partial charge in [0.25, 0.3) is 0 Å². The second-order valence-electron chi connectivity index (χ2n) is 11.1. The van der Waals surface area contributed by atoms with Crippen molar-refractivity contribution in [1.29, 1.82) is 0 Å². The smallest absolute Gasteiger partial charge is 0.0583 e. The van der Waals surface area contributed by atoms with Crippen molar-refractivity contribution in [3.8, 4) is 0 Å². The lowest BCUT2D eigenvalue weighted by Gasteiger charge is -2.44. The Morgan fingerprint density at radius 2 is 1.81 bits per heavy atom. The first kappa shape index (κ1) is 26.4. The number of allylic oxidation sites excluding steroid dienone is 4. The standard InChI is InChI=1S/C27H44O.C2H6O/c1-19(2)8-6-9-21(4)25-15-16-26-22(10-7-17-27(25,26)5)12-13-23-18-24(28)14-11-20(23)3;1-2-3/h12-13,19,21,24-26,28H,3,6-11,14-18H2,1-2,4-5H3;3H,2H2,1H3/b22-12?,23-13-;/t21-,24+,25-,26?,27-;/m1./s1. The first-order valence-corrected chi connectivity index (χ1v) is 13.1. The summed E-state index contributed by atoms with van der Waals surface area (Å²) in [5, 5.41) is 17.6. The van der Waals surface area contributed by atoms with Gasteiger partial charge in [0.15, 0.2) is 0 Å². The van der Waals surface area contributed by atoms with Crippen LogP contribution in [-0.4, -0.2) is 22.9 Å². The van der Waals surface area contributed by atoms with Gasteiger partial charge >= 0.3 is 0 Å². The molecule has 3 rings (SSSR count). The van der Waals surface area contributed by atoms with E-state index in [1.807, 2.05) is 0 Å². The van der Waals surface area contributed by atoms with Crippen LogP contribution in [-0.2, 0) is 0 Å². The van der Waals surface area contributed by atoms with Crippen molar-refractivity contribution >= 4 is 0 Å². The summed E-state index contributed by atoms with van der Waals surface area (Å²) >= 11 is 0. The summed E-state index contributed by atoms with van der Waals surface area (Å²) in [5.74, 6) is 3.37. The fraction of sp³-hybridized carbons (Fsp3) is 0.793. The van der Waals surface area contributed by atoms with Gasteiger partial charge in [-0.15, -0.1) is 0 Å². The molecule has 31 heavy (non-hydrogen) atoms. The lowest BCUT2D eigenvalue weighted by molar-refractivity contribution is 0.0929. The van der Waals surface area contributed by atoms with Gasteiger partial charge in [0.1, 0.15) is 0 Å². The number of fused-ring (bicyclic) bond motifs is 1. The Morgan fingerprint density at radius 3 is 2.48 bits per heavy atom. The number of aliphatic hydroxyl groups excluding tert-OH is 2. The molecule has 0 heterocycles. The van der Waals surface area contributed by atoms with Gasteiger partial charge in [-0.2, -0.15) is 0 Å². The fourth-order valence-electron chi connectivity index (χ4n) is 6.66. The topological polar surface area (TPSA) is 40.5 Å². The highest BCUT2D eigenvalue weighted by molar-refractivity contribution is 5.36. The van der Waals surface area contributed by atoms with Crippen molar-refractivity contribution in [2.75, 3.05) is 6.61 Å². The fourth-order valence-corrected chi connectivity index (χ4v) is 6.66. The summed E-state index contributed by atoms with van der Waals surface area (Å²) in [4.78, 5) is 0. The van der Waals surface area contributed by atoms with E-state index in [9.17, 15) is 5.11 Å². The molecule has 0 aromatic rings. The van der Waals surface area contributed by atoms with Gasteiger partial charge in [-0.25, -0.2) is 0 Å².